The van der Waals surface area contributed by atoms with Gasteiger partial charge in [-0.2, -0.15) is 0 Å². The highest BCUT2D eigenvalue weighted by Gasteiger charge is 2.24. The van der Waals surface area contributed by atoms with E-state index in [-0.39, 0.29) is 5.91 Å². The first-order valence-corrected chi connectivity index (χ1v) is 9.32. The number of carbonyl (C=O) groups excluding carboxylic acids is 1. The summed E-state index contributed by atoms with van der Waals surface area (Å²) >= 11 is 0. The van der Waals surface area contributed by atoms with Crippen LogP contribution >= 0.6 is 0 Å². The minimum atomic E-state index is 0.0104. The van der Waals surface area contributed by atoms with Crippen LogP contribution in [0.3, 0.4) is 0 Å². The van der Waals surface area contributed by atoms with Gasteiger partial charge in [0.25, 0.3) is 5.91 Å². The molecule has 27 heavy (non-hydrogen) atoms. The summed E-state index contributed by atoms with van der Waals surface area (Å²) in [4.78, 5) is 23.6. The first-order valence-electron chi connectivity index (χ1n) is 9.32. The van der Waals surface area contributed by atoms with E-state index in [1.54, 1.807) is 0 Å². The van der Waals surface area contributed by atoms with Crippen molar-refractivity contribution in [2.75, 3.05) is 14.1 Å². The molecule has 0 unspecified atom stereocenters. The second-order valence-corrected chi connectivity index (χ2v) is 7.58. The number of hydrogen-bond acceptors (Lipinski definition) is 4. The van der Waals surface area contributed by atoms with E-state index in [1.165, 1.54) is 0 Å². The molecule has 138 valence electrons. The minimum absolute atomic E-state index is 0.0104. The van der Waals surface area contributed by atoms with Crippen molar-refractivity contribution in [2.24, 2.45) is 0 Å². The molecular formula is C22H24N4O. The van der Waals surface area contributed by atoms with Crippen molar-refractivity contribution in [3.63, 3.8) is 0 Å². The molecule has 0 saturated heterocycles. The highest BCUT2D eigenvalue weighted by molar-refractivity contribution is 5.96. The molecule has 0 atom stereocenters. The van der Waals surface area contributed by atoms with Gasteiger partial charge in [0.15, 0.2) is 0 Å². The third-order valence-corrected chi connectivity index (χ3v) is 4.81. The molecule has 2 aromatic carbocycles. The number of rotatable bonds is 5. The average molecular weight is 360 g/mol. The van der Waals surface area contributed by atoms with Crippen LogP contribution in [0, 0.1) is 6.92 Å². The monoisotopic (exact) mass is 360 g/mol. The molecule has 4 rings (SSSR count). The molecule has 0 bridgehead atoms. The molecule has 1 amide bonds. The van der Waals surface area contributed by atoms with Gasteiger partial charge in [-0.3, -0.25) is 4.79 Å². The fourth-order valence-electron chi connectivity index (χ4n) is 3.17. The number of aryl methyl sites for hydroxylation is 1. The van der Waals surface area contributed by atoms with Crippen molar-refractivity contribution in [2.45, 2.75) is 32.4 Å². The summed E-state index contributed by atoms with van der Waals surface area (Å²) in [5.74, 6) is 0.825. The molecule has 0 radical (unpaired) electrons. The predicted octanol–water partition coefficient (Wildman–Crippen LogP) is 3.56. The van der Waals surface area contributed by atoms with Crippen LogP contribution in [-0.4, -0.2) is 40.9 Å². The Bertz CT molecular complexity index is 1010. The van der Waals surface area contributed by atoms with E-state index in [0.29, 0.717) is 11.6 Å². The van der Waals surface area contributed by atoms with Crippen molar-refractivity contribution < 1.29 is 4.79 Å². The van der Waals surface area contributed by atoms with Gasteiger partial charge in [-0.25, -0.2) is 9.97 Å². The molecule has 1 aliphatic rings. The molecule has 1 aliphatic carbocycles. The second kappa shape index (κ2) is 7.08. The lowest BCUT2D eigenvalue weighted by Crippen LogP contribution is -2.25. The molecule has 1 N–H and O–H groups in total. The first-order chi connectivity index (χ1) is 13.0. The summed E-state index contributed by atoms with van der Waals surface area (Å²) in [5, 5.41) is 4.06. The Balaban J connectivity index is 1.67. The normalized spacial score (nSPS) is 13.9. The van der Waals surface area contributed by atoms with Gasteiger partial charge in [0.2, 0.25) is 0 Å². The van der Waals surface area contributed by atoms with Crippen LogP contribution in [0.1, 0.15) is 34.6 Å². The van der Waals surface area contributed by atoms with E-state index in [1.807, 2.05) is 44.6 Å². The Morgan fingerprint density at radius 2 is 2.00 bits per heavy atom. The number of aromatic nitrogens is 2. The van der Waals surface area contributed by atoms with Crippen LogP contribution in [-0.2, 0) is 6.54 Å². The number of nitrogens with zero attached hydrogens (tertiary/aromatic N) is 3. The van der Waals surface area contributed by atoms with Gasteiger partial charge in [0.05, 0.1) is 12.1 Å². The van der Waals surface area contributed by atoms with Crippen molar-refractivity contribution >= 4 is 16.8 Å². The third-order valence-electron chi connectivity index (χ3n) is 4.81. The number of amides is 1. The number of nitrogens with one attached hydrogen (secondary N) is 1. The zero-order valence-electron chi connectivity index (χ0n) is 16.0. The van der Waals surface area contributed by atoms with Crippen molar-refractivity contribution in [3.8, 4) is 11.1 Å². The van der Waals surface area contributed by atoms with Gasteiger partial charge in [0, 0.05) is 23.2 Å². The quantitative estimate of drug-likeness (QED) is 0.756. The van der Waals surface area contributed by atoms with Gasteiger partial charge >= 0.3 is 0 Å². The summed E-state index contributed by atoms with van der Waals surface area (Å²) in [5.41, 5.74) is 4.93. The number of benzene rings is 2. The van der Waals surface area contributed by atoms with E-state index < -0.39 is 0 Å². The Morgan fingerprint density at radius 3 is 2.74 bits per heavy atom. The highest BCUT2D eigenvalue weighted by Crippen LogP contribution is 2.28. The van der Waals surface area contributed by atoms with E-state index in [9.17, 15) is 4.79 Å². The summed E-state index contributed by atoms with van der Waals surface area (Å²) in [6, 6.07) is 12.4. The molecular weight excluding hydrogens is 336 g/mol. The van der Waals surface area contributed by atoms with Crippen molar-refractivity contribution in [3.05, 3.63) is 59.5 Å². The molecule has 0 spiro atoms. The lowest BCUT2D eigenvalue weighted by atomic mass is 9.97. The third kappa shape index (κ3) is 3.98. The number of fused-ring (bicyclic) bond motifs is 1. The molecule has 1 fully saturated rings. The summed E-state index contributed by atoms with van der Waals surface area (Å²) in [6.45, 7) is 2.79. The zero-order valence-corrected chi connectivity index (χ0v) is 16.0. The molecule has 5 heteroatoms. The molecule has 3 aromatic rings. The van der Waals surface area contributed by atoms with E-state index in [2.05, 4.69) is 39.2 Å². The lowest BCUT2D eigenvalue weighted by Gasteiger charge is -2.11. The maximum Gasteiger partial charge on any atom is 0.251 e. The fourth-order valence-corrected chi connectivity index (χ4v) is 3.17. The molecule has 0 aliphatic heterocycles. The lowest BCUT2D eigenvalue weighted by molar-refractivity contribution is 0.0951. The number of carbonyl (C=O) groups is 1. The van der Waals surface area contributed by atoms with Crippen LogP contribution in [0.15, 0.2) is 42.6 Å². The number of hydrogen-bond donors (Lipinski definition) is 1. The van der Waals surface area contributed by atoms with Crippen LogP contribution in [0.2, 0.25) is 0 Å². The Kier molecular flexibility index (Phi) is 4.62. The van der Waals surface area contributed by atoms with Crippen LogP contribution in [0.25, 0.3) is 22.0 Å². The topological polar surface area (TPSA) is 58.1 Å². The van der Waals surface area contributed by atoms with Crippen LogP contribution in [0.4, 0.5) is 0 Å². The largest absolute Gasteiger partial charge is 0.349 e. The molecule has 1 saturated carbocycles. The molecule has 5 nitrogen and oxygen atoms in total. The summed E-state index contributed by atoms with van der Waals surface area (Å²) < 4.78 is 0. The standard InChI is InChI=1S/C22H24N4O/c1-14-4-5-16(22(27)24-18-7-8-18)11-19(14)15-6-9-20-17(10-15)12-23-21(25-20)13-26(2)3/h4-6,9-12,18H,7-8,13H2,1-3H3,(H,24,27). The van der Waals surface area contributed by atoms with Gasteiger partial charge < -0.3 is 10.2 Å². The van der Waals surface area contributed by atoms with Gasteiger partial charge in [-0.1, -0.05) is 12.1 Å². The molecule has 1 heterocycles. The van der Waals surface area contributed by atoms with Gasteiger partial charge in [-0.15, -0.1) is 0 Å². The maximum atomic E-state index is 12.4. The van der Waals surface area contributed by atoms with E-state index in [4.69, 9.17) is 0 Å². The zero-order chi connectivity index (χ0) is 19.0. The average Bonchev–Trinajstić information content (AvgIpc) is 3.45. The van der Waals surface area contributed by atoms with E-state index in [0.717, 1.165) is 52.8 Å². The highest BCUT2D eigenvalue weighted by atomic mass is 16.1. The Labute approximate surface area is 159 Å². The van der Waals surface area contributed by atoms with E-state index >= 15 is 0 Å². The first kappa shape index (κ1) is 17.6. The van der Waals surface area contributed by atoms with Crippen molar-refractivity contribution in [1.82, 2.24) is 20.2 Å². The smallest absolute Gasteiger partial charge is 0.251 e. The predicted molar refractivity (Wildman–Crippen MR) is 108 cm³/mol. The van der Waals surface area contributed by atoms with Crippen LogP contribution in [0.5, 0.6) is 0 Å². The summed E-state index contributed by atoms with van der Waals surface area (Å²) in [6.07, 6.45) is 4.06. The van der Waals surface area contributed by atoms with Gasteiger partial charge in [-0.05, 0) is 74.8 Å². The van der Waals surface area contributed by atoms with Crippen molar-refractivity contribution in [1.29, 1.82) is 0 Å². The SMILES string of the molecule is Cc1ccc(C(=O)NC2CC2)cc1-c1ccc2nc(CN(C)C)ncc2c1. The van der Waals surface area contributed by atoms with Gasteiger partial charge in [0.1, 0.15) is 5.82 Å². The fraction of sp³-hybridized carbons (Fsp3) is 0.318. The Morgan fingerprint density at radius 1 is 1.19 bits per heavy atom. The summed E-state index contributed by atoms with van der Waals surface area (Å²) in [7, 11) is 4.01. The Hall–Kier alpha value is -2.79. The minimum Gasteiger partial charge on any atom is -0.349 e. The second-order valence-electron chi connectivity index (χ2n) is 7.58. The molecule has 1 aromatic heterocycles. The van der Waals surface area contributed by atoms with Crippen LogP contribution < -0.4 is 5.32 Å². The maximum absolute atomic E-state index is 12.4.